The molecule has 2 unspecified atom stereocenters. The van der Waals surface area contributed by atoms with Crippen molar-refractivity contribution in [3.05, 3.63) is 69.7 Å². The summed E-state index contributed by atoms with van der Waals surface area (Å²) in [5.41, 5.74) is 9.59. The number of aromatic nitrogens is 3. The molecule has 0 bridgehead atoms. The normalized spacial score (nSPS) is 18.3. The van der Waals surface area contributed by atoms with Gasteiger partial charge in [0.1, 0.15) is 17.0 Å². The minimum Gasteiger partial charge on any atom is -0.408 e. The van der Waals surface area contributed by atoms with Crippen LogP contribution in [0.1, 0.15) is 36.1 Å². The molecule has 1 aliphatic carbocycles. The Balaban J connectivity index is 1.62. The van der Waals surface area contributed by atoms with Crippen LogP contribution in [-0.2, 0) is 22.4 Å². The summed E-state index contributed by atoms with van der Waals surface area (Å²) in [6, 6.07) is 7.66. The first kappa shape index (κ1) is 22.8. The third kappa shape index (κ3) is 3.86. The van der Waals surface area contributed by atoms with Gasteiger partial charge in [-0.25, -0.2) is 14.2 Å². The summed E-state index contributed by atoms with van der Waals surface area (Å²) in [7, 11) is -4.92. The van der Waals surface area contributed by atoms with Gasteiger partial charge in [0.15, 0.2) is 5.58 Å². The predicted molar refractivity (Wildman–Crippen MR) is 129 cm³/mol. The zero-order valence-corrected chi connectivity index (χ0v) is 20.2. The molecule has 12 heteroatoms. The number of hydrogen-bond acceptors (Lipinski definition) is 7. The van der Waals surface area contributed by atoms with Gasteiger partial charge in [-0.3, -0.25) is 13.8 Å². The Morgan fingerprint density at radius 3 is 2.94 bits per heavy atom. The number of halogens is 1. The Labute approximate surface area is 198 Å². The number of benzene rings is 2. The average Bonchev–Trinajstić information content (AvgIpc) is 3.37. The minimum absolute atomic E-state index is 0.00330. The van der Waals surface area contributed by atoms with E-state index < -0.39 is 32.0 Å². The van der Waals surface area contributed by atoms with Gasteiger partial charge < -0.3 is 10.2 Å². The lowest BCUT2D eigenvalue weighted by molar-refractivity contribution is 0.484. The number of rotatable bonds is 5. The molecule has 4 N–H and O–H groups in total. The highest BCUT2D eigenvalue weighted by molar-refractivity contribution is 8.15. The molecule has 2 heterocycles. The number of nitrogens with zero attached hydrogens (tertiary/aromatic N) is 3. The first-order valence-corrected chi connectivity index (χ1v) is 13.8. The number of aryl methyl sites for hydroxylation is 1. The van der Waals surface area contributed by atoms with Crippen LogP contribution in [0.4, 0.5) is 9.52 Å². The van der Waals surface area contributed by atoms with E-state index >= 15 is 4.39 Å². The van der Waals surface area contributed by atoms with Gasteiger partial charge in [0.25, 0.3) is 0 Å². The number of oxazole rings is 1. The Morgan fingerprint density at radius 1 is 1.41 bits per heavy atom. The van der Waals surface area contributed by atoms with E-state index in [4.69, 9.17) is 10.2 Å². The maximum absolute atomic E-state index is 15.3. The topological polar surface area (TPSA) is 136 Å². The number of hydrogen-bond donors (Lipinski definition) is 3. The van der Waals surface area contributed by atoms with Gasteiger partial charge >= 0.3 is 5.76 Å². The van der Waals surface area contributed by atoms with E-state index in [1.165, 1.54) is 16.5 Å². The minimum atomic E-state index is -4.92. The third-order valence-electron chi connectivity index (χ3n) is 6.27. The summed E-state index contributed by atoms with van der Waals surface area (Å²) in [5, 5.41) is 0.0567. The summed E-state index contributed by atoms with van der Waals surface area (Å²) in [6.45, 7) is 1.84. The molecule has 0 radical (unpaired) electrons. The van der Waals surface area contributed by atoms with E-state index in [1.54, 1.807) is 0 Å². The second kappa shape index (κ2) is 7.80. The van der Waals surface area contributed by atoms with Crippen LogP contribution < -0.4 is 16.2 Å². The molecule has 34 heavy (non-hydrogen) atoms. The van der Waals surface area contributed by atoms with Crippen LogP contribution in [0.3, 0.4) is 0 Å². The van der Waals surface area contributed by atoms with E-state index in [0.717, 1.165) is 53.9 Å². The molecule has 2 aromatic heterocycles. The summed E-state index contributed by atoms with van der Waals surface area (Å²) >= 11 is 0.858. The van der Waals surface area contributed by atoms with Gasteiger partial charge in [-0.05, 0) is 42.9 Å². The highest BCUT2D eigenvalue weighted by Crippen LogP contribution is 2.37. The molecule has 0 spiro atoms. The van der Waals surface area contributed by atoms with Crippen LogP contribution in [0.5, 0.6) is 0 Å². The number of fused-ring (bicyclic) bond motifs is 2. The molecule has 0 saturated carbocycles. The molecule has 5 rings (SSSR count). The van der Waals surface area contributed by atoms with Crippen LogP contribution in [-0.4, -0.2) is 35.0 Å². The third-order valence-corrected chi connectivity index (χ3v) is 9.00. The fourth-order valence-corrected chi connectivity index (χ4v) is 7.13. The number of nitrogens with one attached hydrogen (secondary N) is 1. The fraction of sp³-hybridized carbons (Fsp3) is 0.318. The SMILES string of the molecule is CC(c1cccc2c1CC(N)CC2)n1c(=O)oc2cc(S(C)(=O)(O)Nc3ncns3)c(F)cc21. The quantitative estimate of drug-likeness (QED) is 0.378. The maximum atomic E-state index is 15.3. The van der Waals surface area contributed by atoms with Crippen LogP contribution in [0, 0.1) is 5.82 Å². The standard InChI is InChI=1S/C22H24FN5O4S2/c1-12(15-5-3-4-13-6-7-14(24)8-16(13)15)28-18-9-17(23)20(10-19(18)32-22(28)29)34(2,30,31)27-21-25-11-26-33-21/h3-5,9-12,14H,6-8,24H2,1-2H3,(H2,25,26,27,30,31). The van der Waals surface area contributed by atoms with Gasteiger partial charge in [0, 0.05) is 36.0 Å². The van der Waals surface area contributed by atoms with Crippen molar-refractivity contribution in [1.29, 1.82) is 0 Å². The van der Waals surface area contributed by atoms with Crippen molar-refractivity contribution in [1.82, 2.24) is 13.9 Å². The van der Waals surface area contributed by atoms with Crippen LogP contribution in [0.25, 0.3) is 11.1 Å². The molecule has 1 aliphatic rings. The van der Waals surface area contributed by atoms with Crippen LogP contribution in [0.15, 0.2) is 50.8 Å². The number of anilines is 1. The van der Waals surface area contributed by atoms with Crippen molar-refractivity contribution < 1.29 is 17.6 Å². The average molecular weight is 506 g/mol. The van der Waals surface area contributed by atoms with Crippen molar-refractivity contribution in [2.75, 3.05) is 11.0 Å². The molecule has 9 nitrogen and oxygen atoms in total. The molecule has 0 fully saturated rings. The van der Waals surface area contributed by atoms with Gasteiger partial charge in [0.2, 0.25) is 5.13 Å². The lowest BCUT2D eigenvalue weighted by atomic mass is 9.84. The molecular weight excluding hydrogens is 481 g/mol. The van der Waals surface area contributed by atoms with Crippen molar-refractivity contribution in [2.24, 2.45) is 5.73 Å². The van der Waals surface area contributed by atoms with Gasteiger partial charge in [0.05, 0.1) is 11.6 Å². The Bertz CT molecular complexity index is 1520. The molecule has 4 aromatic rings. The first-order valence-electron chi connectivity index (χ1n) is 10.7. The maximum Gasteiger partial charge on any atom is 0.420 e. The Hall–Kier alpha value is -2.93. The molecule has 0 amide bonds. The zero-order valence-electron chi connectivity index (χ0n) is 18.5. The van der Waals surface area contributed by atoms with E-state index in [-0.39, 0.29) is 22.3 Å². The largest absolute Gasteiger partial charge is 0.420 e. The molecular formula is C22H24FN5O4S2. The zero-order chi connectivity index (χ0) is 24.3. The second-order valence-electron chi connectivity index (χ2n) is 8.78. The van der Waals surface area contributed by atoms with E-state index in [0.29, 0.717) is 6.42 Å². The number of nitrogens with two attached hydrogens (primary N) is 1. The van der Waals surface area contributed by atoms with E-state index in [2.05, 4.69) is 20.1 Å². The van der Waals surface area contributed by atoms with Crippen molar-refractivity contribution >= 4 is 37.3 Å². The monoisotopic (exact) mass is 505 g/mol. The molecule has 0 saturated heterocycles. The summed E-state index contributed by atoms with van der Waals surface area (Å²) in [5.74, 6) is -1.64. The summed E-state index contributed by atoms with van der Waals surface area (Å²) < 4.78 is 52.5. The van der Waals surface area contributed by atoms with Crippen molar-refractivity contribution in [3.8, 4) is 0 Å². The fourth-order valence-electron chi connectivity index (χ4n) is 4.62. The van der Waals surface area contributed by atoms with E-state index in [9.17, 15) is 13.6 Å². The highest BCUT2D eigenvalue weighted by Gasteiger charge is 2.31. The lowest BCUT2D eigenvalue weighted by Crippen LogP contribution is -2.40. The Morgan fingerprint density at radius 2 is 2.21 bits per heavy atom. The summed E-state index contributed by atoms with van der Waals surface area (Å²) in [6.07, 6.45) is 4.64. The van der Waals surface area contributed by atoms with E-state index in [1.807, 2.05) is 19.1 Å². The molecule has 180 valence electrons. The summed E-state index contributed by atoms with van der Waals surface area (Å²) in [4.78, 5) is 16.2. The predicted octanol–water partition coefficient (Wildman–Crippen LogP) is 3.32. The van der Waals surface area contributed by atoms with Crippen LogP contribution in [0.2, 0.25) is 0 Å². The molecule has 0 aliphatic heterocycles. The van der Waals surface area contributed by atoms with Crippen molar-refractivity contribution in [3.63, 3.8) is 0 Å². The second-order valence-corrected chi connectivity index (χ2v) is 12.8. The highest BCUT2D eigenvalue weighted by atomic mass is 32.3. The van der Waals surface area contributed by atoms with Gasteiger partial charge in [-0.15, -0.1) is 0 Å². The lowest BCUT2D eigenvalue weighted by Gasteiger charge is -2.39. The molecule has 2 atom stereocenters. The van der Waals surface area contributed by atoms with Gasteiger partial charge in [-0.2, -0.15) is 8.58 Å². The first-order chi connectivity index (χ1) is 16.0. The Kier molecular flexibility index (Phi) is 5.24. The van der Waals surface area contributed by atoms with Gasteiger partial charge in [-0.1, -0.05) is 27.7 Å². The van der Waals surface area contributed by atoms with Crippen LogP contribution >= 0.6 is 11.5 Å². The molecule has 2 aromatic carbocycles. The smallest absolute Gasteiger partial charge is 0.408 e. The van der Waals surface area contributed by atoms with Crippen molar-refractivity contribution in [2.45, 2.75) is 43.2 Å².